The molecule has 6 heteroatoms. The van der Waals surface area contributed by atoms with Crippen LogP contribution in [0.3, 0.4) is 0 Å². The maximum Gasteiger partial charge on any atom is 0.187 e. The van der Waals surface area contributed by atoms with E-state index < -0.39 is 0 Å². The first-order valence-corrected chi connectivity index (χ1v) is 5.22. The van der Waals surface area contributed by atoms with Gasteiger partial charge in [-0.1, -0.05) is 12.1 Å². The van der Waals surface area contributed by atoms with E-state index in [1.54, 1.807) is 22.9 Å². The number of aromatic nitrogens is 3. The van der Waals surface area contributed by atoms with Gasteiger partial charge in [-0.15, -0.1) is 0 Å². The van der Waals surface area contributed by atoms with Crippen LogP contribution < -0.4 is 5.73 Å². The van der Waals surface area contributed by atoms with Crippen molar-refractivity contribution in [2.45, 2.75) is 13.3 Å². The van der Waals surface area contributed by atoms with Gasteiger partial charge in [0.2, 0.25) is 0 Å². The highest BCUT2D eigenvalue weighted by atomic mass is 16.4. The van der Waals surface area contributed by atoms with Crippen LogP contribution >= 0.6 is 0 Å². The molecule has 17 heavy (non-hydrogen) atoms. The summed E-state index contributed by atoms with van der Waals surface area (Å²) in [6.07, 6.45) is 4.13. The Labute approximate surface area is 98.4 Å². The van der Waals surface area contributed by atoms with Gasteiger partial charge >= 0.3 is 0 Å². The highest BCUT2D eigenvalue weighted by Crippen LogP contribution is 2.11. The Bertz CT molecular complexity index is 546. The third kappa shape index (κ3) is 2.10. The van der Waals surface area contributed by atoms with Crippen LogP contribution in [0.1, 0.15) is 18.3 Å². The SMILES string of the molecule is CCc1cc(-n2cccc2/C(N)=N/O)ncn1. The van der Waals surface area contributed by atoms with E-state index in [0.717, 1.165) is 12.1 Å². The average Bonchev–Trinajstić information content (AvgIpc) is 2.87. The molecule has 2 aromatic heterocycles. The van der Waals surface area contributed by atoms with Gasteiger partial charge in [-0.25, -0.2) is 9.97 Å². The highest BCUT2D eigenvalue weighted by Gasteiger charge is 2.08. The Morgan fingerprint density at radius 3 is 3.06 bits per heavy atom. The minimum atomic E-state index is 0.0478. The summed E-state index contributed by atoms with van der Waals surface area (Å²) in [5.41, 5.74) is 7.11. The molecule has 0 aliphatic rings. The van der Waals surface area contributed by atoms with Gasteiger partial charge in [-0.3, -0.25) is 4.57 Å². The van der Waals surface area contributed by atoms with Crippen LogP contribution in [0.2, 0.25) is 0 Å². The van der Waals surface area contributed by atoms with Crippen LogP contribution in [0.5, 0.6) is 0 Å². The second-order valence-corrected chi connectivity index (χ2v) is 3.47. The lowest BCUT2D eigenvalue weighted by Crippen LogP contribution is -2.18. The fraction of sp³-hybridized carbons (Fsp3) is 0.182. The van der Waals surface area contributed by atoms with Crippen molar-refractivity contribution in [3.8, 4) is 5.82 Å². The largest absolute Gasteiger partial charge is 0.409 e. The molecule has 6 nitrogen and oxygen atoms in total. The highest BCUT2D eigenvalue weighted by molar-refractivity contribution is 5.96. The summed E-state index contributed by atoms with van der Waals surface area (Å²) in [7, 11) is 0. The van der Waals surface area contributed by atoms with Gasteiger partial charge in [0.05, 0.1) is 5.69 Å². The van der Waals surface area contributed by atoms with E-state index in [1.165, 1.54) is 6.33 Å². The lowest BCUT2D eigenvalue weighted by atomic mass is 10.3. The molecule has 0 bridgehead atoms. The predicted octanol–water partition coefficient (Wildman–Crippen LogP) is 0.924. The van der Waals surface area contributed by atoms with Gasteiger partial charge in [-0.2, -0.15) is 0 Å². The molecule has 0 saturated carbocycles. The molecular formula is C11H13N5O. The number of nitrogens with two attached hydrogens (primary N) is 1. The summed E-state index contributed by atoms with van der Waals surface area (Å²) >= 11 is 0. The summed E-state index contributed by atoms with van der Waals surface area (Å²) in [6.45, 7) is 2.02. The van der Waals surface area contributed by atoms with E-state index in [1.807, 2.05) is 13.0 Å². The number of oxime groups is 1. The van der Waals surface area contributed by atoms with E-state index in [-0.39, 0.29) is 5.84 Å². The second kappa shape index (κ2) is 4.65. The fourth-order valence-electron chi connectivity index (χ4n) is 1.55. The van der Waals surface area contributed by atoms with Crippen LogP contribution in [0, 0.1) is 0 Å². The third-order valence-electron chi connectivity index (χ3n) is 2.44. The zero-order valence-electron chi connectivity index (χ0n) is 9.41. The van der Waals surface area contributed by atoms with E-state index in [9.17, 15) is 0 Å². The lowest BCUT2D eigenvalue weighted by Gasteiger charge is -2.07. The maximum absolute atomic E-state index is 8.70. The van der Waals surface area contributed by atoms with E-state index in [2.05, 4.69) is 15.1 Å². The van der Waals surface area contributed by atoms with E-state index in [4.69, 9.17) is 10.9 Å². The van der Waals surface area contributed by atoms with Crippen LogP contribution in [-0.2, 0) is 6.42 Å². The Morgan fingerprint density at radius 2 is 2.35 bits per heavy atom. The Hall–Kier alpha value is -2.37. The molecule has 2 aromatic rings. The first-order chi connectivity index (χ1) is 8.26. The molecule has 0 unspecified atom stereocenters. The van der Waals surface area contributed by atoms with E-state index in [0.29, 0.717) is 11.5 Å². The Morgan fingerprint density at radius 1 is 1.53 bits per heavy atom. The van der Waals surface area contributed by atoms with Gasteiger partial charge in [0.15, 0.2) is 5.84 Å². The smallest absolute Gasteiger partial charge is 0.187 e. The summed E-state index contributed by atoms with van der Waals surface area (Å²) < 4.78 is 1.75. The monoisotopic (exact) mass is 231 g/mol. The van der Waals surface area contributed by atoms with Gasteiger partial charge in [0.1, 0.15) is 12.1 Å². The van der Waals surface area contributed by atoms with Crippen LogP contribution in [-0.4, -0.2) is 25.6 Å². The van der Waals surface area contributed by atoms with Crippen molar-refractivity contribution in [1.29, 1.82) is 0 Å². The Balaban J connectivity index is 2.49. The maximum atomic E-state index is 8.70. The van der Waals surface area contributed by atoms with Crippen LogP contribution in [0.25, 0.3) is 5.82 Å². The number of rotatable bonds is 3. The number of aryl methyl sites for hydroxylation is 1. The lowest BCUT2D eigenvalue weighted by molar-refractivity contribution is 0.318. The minimum Gasteiger partial charge on any atom is -0.409 e. The first-order valence-electron chi connectivity index (χ1n) is 5.22. The zero-order chi connectivity index (χ0) is 12.3. The van der Waals surface area contributed by atoms with Gasteiger partial charge < -0.3 is 10.9 Å². The summed E-state index contributed by atoms with van der Waals surface area (Å²) in [4.78, 5) is 8.29. The standard InChI is InChI=1S/C11H13N5O/c1-2-8-6-10(14-7-13-8)16-5-3-4-9(16)11(12)15-17/h3-7,17H,2H2,1H3,(H2,12,15). The van der Waals surface area contributed by atoms with Crippen LogP contribution in [0.15, 0.2) is 35.9 Å². The summed E-state index contributed by atoms with van der Waals surface area (Å²) in [5.74, 6) is 0.745. The van der Waals surface area contributed by atoms with Crippen molar-refractivity contribution in [2.75, 3.05) is 0 Å². The molecule has 0 aliphatic carbocycles. The molecule has 0 radical (unpaired) electrons. The van der Waals surface area contributed by atoms with Gasteiger partial charge in [0.25, 0.3) is 0 Å². The van der Waals surface area contributed by atoms with E-state index >= 15 is 0 Å². The predicted molar refractivity (Wildman–Crippen MR) is 63.2 cm³/mol. The summed E-state index contributed by atoms with van der Waals surface area (Å²) in [6, 6.07) is 5.43. The third-order valence-corrected chi connectivity index (χ3v) is 2.44. The second-order valence-electron chi connectivity index (χ2n) is 3.47. The molecule has 0 amide bonds. The normalized spacial score (nSPS) is 11.7. The molecule has 88 valence electrons. The Kier molecular flexibility index (Phi) is 3.04. The molecule has 2 rings (SSSR count). The number of amidine groups is 1. The van der Waals surface area contributed by atoms with Crippen molar-refractivity contribution in [1.82, 2.24) is 14.5 Å². The van der Waals surface area contributed by atoms with Crippen molar-refractivity contribution >= 4 is 5.84 Å². The molecule has 3 N–H and O–H groups in total. The van der Waals surface area contributed by atoms with Crippen molar-refractivity contribution < 1.29 is 5.21 Å². The minimum absolute atomic E-state index is 0.0478. The van der Waals surface area contributed by atoms with Crippen molar-refractivity contribution in [3.05, 3.63) is 42.1 Å². The number of hydrogen-bond donors (Lipinski definition) is 2. The fourth-order valence-corrected chi connectivity index (χ4v) is 1.55. The van der Waals surface area contributed by atoms with Gasteiger partial charge in [0, 0.05) is 18.0 Å². The summed E-state index contributed by atoms with van der Waals surface area (Å²) in [5, 5.41) is 11.7. The molecule has 0 aromatic carbocycles. The quantitative estimate of drug-likeness (QED) is 0.356. The molecule has 0 aliphatic heterocycles. The molecular weight excluding hydrogens is 218 g/mol. The van der Waals surface area contributed by atoms with Gasteiger partial charge in [-0.05, 0) is 18.6 Å². The topological polar surface area (TPSA) is 89.3 Å². The zero-order valence-corrected chi connectivity index (χ0v) is 9.41. The van der Waals surface area contributed by atoms with Crippen molar-refractivity contribution in [2.24, 2.45) is 10.9 Å². The first kappa shape index (κ1) is 11.1. The molecule has 0 spiro atoms. The molecule has 0 atom stereocenters. The average molecular weight is 231 g/mol. The number of nitrogens with zero attached hydrogens (tertiary/aromatic N) is 4. The van der Waals surface area contributed by atoms with Crippen molar-refractivity contribution in [3.63, 3.8) is 0 Å². The number of hydrogen-bond acceptors (Lipinski definition) is 4. The van der Waals surface area contributed by atoms with Crippen LogP contribution in [0.4, 0.5) is 0 Å². The molecule has 2 heterocycles. The molecule has 0 saturated heterocycles. The molecule has 0 fully saturated rings.